The molecule has 0 spiro atoms. The first kappa shape index (κ1) is 15.2. The molecule has 5 heteroatoms. The molecule has 0 radical (unpaired) electrons. The van der Waals surface area contributed by atoms with Crippen molar-refractivity contribution in [2.45, 2.75) is 19.9 Å². The summed E-state index contributed by atoms with van der Waals surface area (Å²) in [7, 11) is 0. The fourth-order valence-electron chi connectivity index (χ4n) is 1.06. The Morgan fingerprint density at radius 1 is 1.31 bits per heavy atom. The first-order valence-corrected chi connectivity index (χ1v) is 5.20. The standard InChI is InChI=1S/C11H15ClN2O.ClH/c1-7(2)10(13)11(15)14-9-5-3-8(12)4-6-9;/h3-7,10H,13H2,1-2H3,(H,14,15);1H. The van der Waals surface area contributed by atoms with Gasteiger partial charge in [-0.25, -0.2) is 0 Å². The van der Waals surface area contributed by atoms with E-state index in [0.717, 1.165) is 0 Å². The van der Waals surface area contributed by atoms with Crippen LogP contribution in [0.2, 0.25) is 5.02 Å². The number of rotatable bonds is 3. The van der Waals surface area contributed by atoms with E-state index < -0.39 is 6.04 Å². The number of amides is 1. The molecule has 1 aromatic carbocycles. The third-order valence-corrected chi connectivity index (χ3v) is 2.38. The van der Waals surface area contributed by atoms with Gasteiger partial charge < -0.3 is 11.1 Å². The minimum Gasteiger partial charge on any atom is -0.325 e. The first-order chi connectivity index (χ1) is 7.00. The molecule has 0 fully saturated rings. The predicted octanol–water partition coefficient (Wildman–Crippen LogP) is 2.68. The Bertz CT molecular complexity index is 338. The molecule has 16 heavy (non-hydrogen) atoms. The summed E-state index contributed by atoms with van der Waals surface area (Å²) in [6.45, 7) is 3.82. The van der Waals surface area contributed by atoms with E-state index in [1.807, 2.05) is 13.8 Å². The molecule has 3 N–H and O–H groups in total. The SMILES string of the molecule is CC(C)C(N)C(=O)Nc1ccc(Cl)cc1.Cl. The van der Waals surface area contributed by atoms with Crippen molar-refractivity contribution < 1.29 is 4.79 Å². The lowest BCUT2D eigenvalue weighted by molar-refractivity contribution is -0.118. The second-order valence-electron chi connectivity index (χ2n) is 3.77. The molecule has 1 rings (SSSR count). The molecule has 0 bridgehead atoms. The van der Waals surface area contributed by atoms with Crippen molar-refractivity contribution in [2.24, 2.45) is 11.7 Å². The van der Waals surface area contributed by atoms with Crippen LogP contribution in [0.15, 0.2) is 24.3 Å². The van der Waals surface area contributed by atoms with Gasteiger partial charge in [-0.15, -0.1) is 12.4 Å². The van der Waals surface area contributed by atoms with E-state index in [1.54, 1.807) is 24.3 Å². The summed E-state index contributed by atoms with van der Waals surface area (Å²) >= 11 is 5.72. The zero-order chi connectivity index (χ0) is 11.4. The minimum atomic E-state index is -0.485. The summed E-state index contributed by atoms with van der Waals surface area (Å²) in [6.07, 6.45) is 0. The van der Waals surface area contributed by atoms with E-state index in [1.165, 1.54) is 0 Å². The third-order valence-electron chi connectivity index (χ3n) is 2.13. The summed E-state index contributed by atoms with van der Waals surface area (Å²) in [5.74, 6) is -0.0513. The summed E-state index contributed by atoms with van der Waals surface area (Å²) < 4.78 is 0. The molecule has 0 saturated carbocycles. The molecule has 0 saturated heterocycles. The van der Waals surface area contributed by atoms with Crippen LogP contribution in [-0.4, -0.2) is 11.9 Å². The Balaban J connectivity index is 0.00000225. The molecule has 0 aliphatic heterocycles. The van der Waals surface area contributed by atoms with Crippen molar-refractivity contribution in [3.63, 3.8) is 0 Å². The average Bonchev–Trinajstić information content (AvgIpc) is 2.20. The van der Waals surface area contributed by atoms with Crippen molar-refractivity contribution in [3.8, 4) is 0 Å². The van der Waals surface area contributed by atoms with E-state index in [0.29, 0.717) is 10.7 Å². The van der Waals surface area contributed by atoms with Gasteiger partial charge in [-0.2, -0.15) is 0 Å². The Hall–Kier alpha value is -0.770. The Labute approximate surface area is 107 Å². The third kappa shape index (κ3) is 4.39. The smallest absolute Gasteiger partial charge is 0.241 e. The Morgan fingerprint density at radius 2 is 1.81 bits per heavy atom. The molecule has 1 atom stereocenters. The number of anilines is 1. The number of hydrogen-bond donors (Lipinski definition) is 2. The molecule has 1 amide bonds. The molecule has 0 heterocycles. The summed E-state index contributed by atoms with van der Waals surface area (Å²) in [5, 5.41) is 3.37. The van der Waals surface area contributed by atoms with Crippen molar-refractivity contribution in [1.29, 1.82) is 0 Å². The van der Waals surface area contributed by atoms with E-state index >= 15 is 0 Å². The van der Waals surface area contributed by atoms with Crippen LogP contribution in [0.5, 0.6) is 0 Å². The van der Waals surface area contributed by atoms with E-state index in [-0.39, 0.29) is 24.2 Å². The van der Waals surface area contributed by atoms with Gasteiger partial charge in [-0.3, -0.25) is 4.79 Å². The van der Waals surface area contributed by atoms with Crippen LogP contribution < -0.4 is 11.1 Å². The average molecular weight is 263 g/mol. The van der Waals surface area contributed by atoms with Crippen molar-refractivity contribution in [1.82, 2.24) is 0 Å². The number of nitrogens with one attached hydrogen (secondary N) is 1. The van der Waals surface area contributed by atoms with Gasteiger partial charge in [-0.1, -0.05) is 25.4 Å². The van der Waals surface area contributed by atoms with E-state index in [9.17, 15) is 4.79 Å². The van der Waals surface area contributed by atoms with Crippen LogP contribution in [0.1, 0.15) is 13.8 Å². The van der Waals surface area contributed by atoms with Crippen LogP contribution in [0.4, 0.5) is 5.69 Å². The van der Waals surface area contributed by atoms with Gasteiger partial charge in [0.05, 0.1) is 6.04 Å². The van der Waals surface area contributed by atoms with Crippen LogP contribution in [0, 0.1) is 5.92 Å². The number of hydrogen-bond acceptors (Lipinski definition) is 2. The summed E-state index contributed by atoms with van der Waals surface area (Å²) in [5.41, 5.74) is 6.41. The quantitative estimate of drug-likeness (QED) is 0.880. The summed E-state index contributed by atoms with van der Waals surface area (Å²) in [4.78, 5) is 11.6. The van der Waals surface area contributed by atoms with Gasteiger partial charge in [0, 0.05) is 10.7 Å². The lowest BCUT2D eigenvalue weighted by atomic mass is 10.1. The number of halogens is 2. The fourth-order valence-corrected chi connectivity index (χ4v) is 1.19. The molecule has 0 aliphatic rings. The normalized spacial score (nSPS) is 11.8. The Morgan fingerprint density at radius 3 is 2.25 bits per heavy atom. The molecule has 90 valence electrons. The van der Waals surface area contributed by atoms with Crippen LogP contribution in [0.3, 0.4) is 0 Å². The zero-order valence-corrected chi connectivity index (χ0v) is 10.8. The monoisotopic (exact) mass is 262 g/mol. The highest BCUT2D eigenvalue weighted by Crippen LogP contribution is 2.14. The maximum Gasteiger partial charge on any atom is 0.241 e. The van der Waals surface area contributed by atoms with Gasteiger partial charge in [0.25, 0.3) is 0 Å². The highest BCUT2D eigenvalue weighted by molar-refractivity contribution is 6.30. The maximum atomic E-state index is 11.6. The number of benzene rings is 1. The van der Waals surface area contributed by atoms with Crippen LogP contribution in [0.25, 0.3) is 0 Å². The van der Waals surface area contributed by atoms with Gasteiger partial charge in [-0.05, 0) is 30.2 Å². The Kier molecular flexibility index (Phi) is 6.41. The van der Waals surface area contributed by atoms with Crippen molar-refractivity contribution in [2.75, 3.05) is 5.32 Å². The van der Waals surface area contributed by atoms with Gasteiger partial charge in [0.1, 0.15) is 0 Å². The second-order valence-corrected chi connectivity index (χ2v) is 4.20. The largest absolute Gasteiger partial charge is 0.325 e. The van der Waals surface area contributed by atoms with Crippen molar-refractivity contribution in [3.05, 3.63) is 29.3 Å². The van der Waals surface area contributed by atoms with Crippen LogP contribution in [-0.2, 0) is 4.79 Å². The highest BCUT2D eigenvalue weighted by atomic mass is 35.5. The number of carbonyl (C=O) groups excluding carboxylic acids is 1. The molecule has 0 aromatic heterocycles. The zero-order valence-electron chi connectivity index (χ0n) is 9.24. The lowest BCUT2D eigenvalue weighted by Gasteiger charge is -2.15. The van der Waals surface area contributed by atoms with E-state index in [2.05, 4.69) is 5.32 Å². The highest BCUT2D eigenvalue weighted by Gasteiger charge is 2.16. The van der Waals surface area contributed by atoms with Gasteiger partial charge in [0.15, 0.2) is 0 Å². The van der Waals surface area contributed by atoms with Gasteiger partial charge >= 0.3 is 0 Å². The molecule has 1 unspecified atom stereocenters. The maximum absolute atomic E-state index is 11.6. The molecule has 1 aromatic rings. The second kappa shape index (κ2) is 6.74. The topological polar surface area (TPSA) is 55.1 Å². The van der Waals surface area contributed by atoms with Crippen LogP contribution >= 0.6 is 24.0 Å². The minimum absolute atomic E-state index is 0. The molecular weight excluding hydrogens is 247 g/mol. The molecule has 3 nitrogen and oxygen atoms in total. The number of nitrogens with two attached hydrogens (primary N) is 1. The predicted molar refractivity (Wildman–Crippen MR) is 70.1 cm³/mol. The lowest BCUT2D eigenvalue weighted by Crippen LogP contribution is -2.39. The van der Waals surface area contributed by atoms with E-state index in [4.69, 9.17) is 17.3 Å². The fraction of sp³-hybridized carbons (Fsp3) is 0.364. The summed E-state index contributed by atoms with van der Waals surface area (Å²) in [6, 6.07) is 6.44. The first-order valence-electron chi connectivity index (χ1n) is 4.82. The number of carbonyl (C=O) groups is 1. The van der Waals surface area contributed by atoms with Crippen molar-refractivity contribution >= 4 is 35.6 Å². The van der Waals surface area contributed by atoms with Gasteiger partial charge in [0.2, 0.25) is 5.91 Å². The molecular formula is C11H16Cl2N2O. The molecule has 0 aliphatic carbocycles.